The summed E-state index contributed by atoms with van der Waals surface area (Å²) in [6.07, 6.45) is 5.24. The van der Waals surface area contributed by atoms with Crippen LogP contribution in [0.15, 0.2) is 18.2 Å². The Morgan fingerprint density at radius 1 is 1.22 bits per heavy atom. The van der Waals surface area contributed by atoms with E-state index in [0.29, 0.717) is 27.1 Å². The van der Waals surface area contributed by atoms with Crippen molar-refractivity contribution < 1.29 is 19.1 Å². The predicted molar refractivity (Wildman–Crippen MR) is 104 cm³/mol. The van der Waals surface area contributed by atoms with Crippen molar-refractivity contribution in [1.29, 1.82) is 0 Å². The summed E-state index contributed by atoms with van der Waals surface area (Å²) in [5, 5.41) is 5.97. The molecule has 142 valence electrons. The molecular formula is C19H21N3O4S. The maximum Gasteiger partial charge on any atom is 0.263 e. The van der Waals surface area contributed by atoms with Gasteiger partial charge < -0.3 is 20.1 Å². The number of aryl methyl sites for hydroxylation is 1. The van der Waals surface area contributed by atoms with E-state index in [2.05, 4.69) is 21.5 Å². The van der Waals surface area contributed by atoms with Crippen LogP contribution in [0.3, 0.4) is 0 Å². The third-order valence-corrected chi connectivity index (χ3v) is 4.86. The Morgan fingerprint density at radius 2 is 1.96 bits per heavy atom. The van der Waals surface area contributed by atoms with Crippen molar-refractivity contribution >= 4 is 23.2 Å². The Morgan fingerprint density at radius 3 is 2.63 bits per heavy atom. The predicted octanol–water partition coefficient (Wildman–Crippen LogP) is 2.01. The van der Waals surface area contributed by atoms with E-state index in [1.807, 2.05) is 12.1 Å². The average Bonchev–Trinajstić information content (AvgIpc) is 3.07. The molecule has 0 aliphatic carbocycles. The summed E-state index contributed by atoms with van der Waals surface area (Å²) in [7, 11) is 3.13. The number of ether oxygens (including phenoxy) is 2. The molecule has 1 aromatic heterocycles. The zero-order valence-electron chi connectivity index (χ0n) is 15.4. The van der Waals surface area contributed by atoms with Crippen LogP contribution in [0.5, 0.6) is 11.5 Å². The zero-order valence-corrected chi connectivity index (χ0v) is 16.2. The number of amides is 2. The van der Waals surface area contributed by atoms with Gasteiger partial charge in [-0.25, -0.2) is 4.98 Å². The molecule has 0 saturated carbocycles. The summed E-state index contributed by atoms with van der Waals surface area (Å²) >= 11 is 1.28. The molecule has 1 aromatic carbocycles. The van der Waals surface area contributed by atoms with Crippen molar-refractivity contribution in [1.82, 2.24) is 15.6 Å². The lowest BCUT2D eigenvalue weighted by Crippen LogP contribution is -2.30. The van der Waals surface area contributed by atoms with Gasteiger partial charge in [0, 0.05) is 18.5 Å². The standard InChI is InChI=1S/C19H21N3O4S/c1-5-9-20-16(23)8-10-21-18(24)17-12(2)22-19(27-17)13-6-7-14(25-3)15(11-13)26-4/h1,6-7,11H,8-10H2,2-4H3,(H,20,23)(H,21,24). The van der Waals surface area contributed by atoms with E-state index in [9.17, 15) is 9.59 Å². The lowest BCUT2D eigenvalue weighted by Gasteiger charge is -2.08. The van der Waals surface area contributed by atoms with Gasteiger partial charge in [-0.3, -0.25) is 9.59 Å². The van der Waals surface area contributed by atoms with Crippen LogP contribution in [-0.2, 0) is 4.79 Å². The molecule has 27 heavy (non-hydrogen) atoms. The second-order valence-corrected chi connectivity index (χ2v) is 6.49. The maximum absolute atomic E-state index is 12.4. The van der Waals surface area contributed by atoms with E-state index in [1.165, 1.54) is 11.3 Å². The Hall–Kier alpha value is -3.05. The van der Waals surface area contributed by atoms with Gasteiger partial charge in [-0.05, 0) is 25.1 Å². The van der Waals surface area contributed by atoms with Crippen molar-refractivity contribution in [3.63, 3.8) is 0 Å². The van der Waals surface area contributed by atoms with E-state index < -0.39 is 0 Å². The van der Waals surface area contributed by atoms with Crippen LogP contribution in [0.25, 0.3) is 10.6 Å². The highest BCUT2D eigenvalue weighted by atomic mass is 32.1. The summed E-state index contributed by atoms with van der Waals surface area (Å²) in [6.45, 7) is 2.17. The number of carbonyl (C=O) groups is 2. The van der Waals surface area contributed by atoms with Crippen LogP contribution in [0.2, 0.25) is 0 Å². The molecule has 2 aromatic rings. The van der Waals surface area contributed by atoms with Crippen LogP contribution >= 0.6 is 11.3 Å². The summed E-state index contributed by atoms with van der Waals surface area (Å²) in [4.78, 5) is 28.9. The number of methoxy groups -OCH3 is 2. The highest BCUT2D eigenvalue weighted by Crippen LogP contribution is 2.34. The van der Waals surface area contributed by atoms with Crippen LogP contribution in [0.1, 0.15) is 21.8 Å². The highest BCUT2D eigenvalue weighted by molar-refractivity contribution is 7.17. The molecule has 0 aliphatic rings. The van der Waals surface area contributed by atoms with E-state index in [0.717, 1.165) is 5.56 Å². The number of carbonyl (C=O) groups excluding carboxylic acids is 2. The Kier molecular flexibility index (Phi) is 7.20. The van der Waals surface area contributed by atoms with E-state index >= 15 is 0 Å². The van der Waals surface area contributed by atoms with Gasteiger partial charge in [-0.2, -0.15) is 0 Å². The number of benzene rings is 1. The fraction of sp³-hybridized carbons (Fsp3) is 0.316. The third kappa shape index (κ3) is 5.21. The molecular weight excluding hydrogens is 366 g/mol. The molecule has 2 N–H and O–H groups in total. The smallest absolute Gasteiger partial charge is 0.263 e. The maximum atomic E-state index is 12.4. The van der Waals surface area contributed by atoms with Gasteiger partial charge in [-0.15, -0.1) is 17.8 Å². The highest BCUT2D eigenvalue weighted by Gasteiger charge is 2.17. The van der Waals surface area contributed by atoms with Gasteiger partial charge in [0.05, 0.1) is 26.5 Å². The first-order valence-corrected chi connectivity index (χ1v) is 9.00. The van der Waals surface area contributed by atoms with Crippen molar-refractivity contribution in [3.8, 4) is 34.4 Å². The first-order valence-electron chi connectivity index (χ1n) is 8.18. The molecule has 0 fully saturated rings. The number of nitrogens with one attached hydrogen (secondary N) is 2. The molecule has 2 amide bonds. The topological polar surface area (TPSA) is 89.6 Å². The second kappa shape index (κ2) is 9.59. The minimum absolute atomic E-state index is 0.161. The largest absolute Gasteiger partial charge is 0.493 e. The van der Waals surface area contributed by atoms with Gasteiger partial charge in [0.25, 0.3) is 5.91 Å². The Balaban J connectivity index is 2.06. The molecule has 0 radical (unpaired) electrons. The summed E-state index contributed by atoms with van der Waals surface area (Å²) in [5.74, 6) is 3.06. The molecule has 7 nitrogen and oxygen atoms in total. The van der Waals surface area contributed by atoms with Gasteiger partial charge in [0.15, 0.2) is 11.5 Å². The summed E-state index contributed by atoms with van der Waals surface area (Å²) in [5.41, 5.74) is 1.45. The van der Waals surface area contributed by atoms with Crippen molar-refractivity contribution in [2.45, 2.75) is 13.3 Å². The summed E-state index contributed by atoms with van der Waals surface area (Å²) < 4.78 is 10.5. The monoisotopic (exact) mass is 387 g/mol. The van der Waals surface area contributed by atoms with Crippen molar-refractivity contribution in [2.75, 3.05) is 27.3 Å². The Labute approximate surface area is 162 Å². The number of terminal acetylenes is 1. The fourth-order valence-corrected chi connectivity index (χ4v) is 3.29. The number of hydrogen-bond donors (Lipinski definition) is 2. The number of aromatic nitrogens is 1. The van der Waals surface area contributed by atoms with Crippen LogP contribution < -0.4 is 20.1 Å². The van der Waals surface area contributed by atoms with Gasteiger partial charge in [0.1, 0.15) is 9.88 Å². The average molecular weight is 387 g/mol. The number of thiazole rings is 1. The molecule has 0 saturated heterocycles. The third-order valence-electron chi connectivity index (χ3n) is 3.66. The normalized spacial score (nSPS) is 10.0. The van der Waals surface area contributed by atoms with E-state index in [1.54, 1.807) is 27.2 Å². The lowest BCUT2D eigenvalue weighted by molar-refractivity contribution is -0.120. The van der Waals surface area contributed by atoms with Gasteiger partial charge in [-0.1, -0.05) is 5.92 Å². The molecule has 1 heterocycles. The molecule has 0 aliphatic heterocycles. The molecule has 0 spiro atoms. The number of nitrogens with zero attached hydrogens (tertiary/aromatic N) is 1. The van der Waals surface area contributed by atoms with Crippen molar-refractivity contribution in [2.24, 2.45) is 0 Å². The minimum Gasteiger partial charge on any atom is -0.493 e. The van der Waals surface area contributed by atoms with E-state index in [-0.39, 0.29) is 31.3 Å². The van der Waals surface area contributed by atoms with Crippen molar-refractivity contribution in [3.05, 3.63) is 28.8 Å². The Bertz CT molecular complexity index is 870. The zero-order chi connectivity index (χ0) is 19.8. The summed E-state index contributed by atoms with van der Waals surface area (Å²) in [6, 6.07) is 5.46. The number of rotatable bonds is 8. The quantitative estimate of drug-likeness (QED) is 0.677. The molecule has 0 bridgehead atoms. The molecule has 0 unspecified atom stereocenters. The molecule has 2 rings (SSSR count). The first kappa shape index (κ1) is 20.3. The number of hydrogen-bond acceptors (Lipinski definition) is 6. The van der Waals surface area contributed by atoms with E-state index in [4.69, 9.17) is 15.9 Å². The van der Waals surface area contributed by atoms with Crippen LogP contribution in [0.4, 0.5) is 0 Å². The van der Waals surface area contributed by atoms with Crippen LogP contribution in [-0.4, -0.2) is 44.1 Å². The van der Waals surface area contributed by atoms with Gasteiger partial charge in [0.2, 0.25) is 5.91 Å². The van der Waals surface area contributed by atoms with Crippen LogP contribution in [0, 0.1) is 19.3 Å². The SMILES string of the molecule is C#CCNC(=O)CCNC(=O)c1sc(-c2ccc(OC)c(OC)c2)nc1C. The molecule has 8 heteroatoms. The first-order chi connectivity index (χ1) is 13.0. The second-order valence-electron chi connectivity index (χ2n) is 5.49. The lowest BCUT2D eigenvalue weighted by atomic mass is 10.2. The fourth-order valence-electron chi connectivity index (χ4n) is 2.31. The van der Waals surface area contributed by atoms with Gasteiger partial charge >= 0.3 is 0 Å². The molecule has 0 atom stereocenters. The minimum atomic E-state index is -0.263.